The van der Waals surface area contributed by atoms with E-state index in [1.54, 1.807) is 24.3 Å². The summed E-state index contributed by atoms with van der Waals surface area (Å²) >= 11 is 0. The molecule has 2 aromatic carbocycles. The van der Waals surface area contributed by atoms with Gasteiger partial charge in [-0.15, -0.1) is 0 Å². The Morgan fingerprint density at radius 3 is 2.58 bits per heavy atom. The molecule has 1 amide bonds. The van der Waals surface area contributed by atoms with E-state index in [0.29, 0.717) is 29.7 Å². The number of rotatable bonds is 4. The number of carbonyl (C=O) groups excluding carboxylic acids is 2. The van der Waals surface area contributed by atoms with Crippen molar-refractivity contribution in [3.63, 3.8) is 0 Å². The summed E-state index contributed by atoms with van der Waals surface area (Å²) in [4.78, 5) is 25.3. The second kappa shape index (κ2) is 6.72. The van der Waals surface area contributed by atoms with Crippen LogP contribution in [0.4, 0.5) is 10.1 Å². The van der Waals surface area contributed by atoms with Gasteiger partial charge in [0.05, 0.1) is 5.69 Å². The van der Waals surface area contributed by atoms with E-state index in [2.05, 4.69) is 5.32 Å². The zero-order valence-corrected chi connectivity index (χ0v) is 13.8. The number of carbonyl (C=O) groups is 2. The van der Waals surface area contributed by atoms with Crippen LogP contribution in [-0.4, -0.2) is 24.4 Å². The first-order chi connectivity index (χ1) is 12.6. The minimum absolute atomic E-state index is 0.0177. The number of halogens is 1. The molecule has 6 heteroatoms. The van der Waals surface area contributed by atoms with E-state index in [1.165, 1.54) is 24.3 Å². The highest BCUT2D eigenvalue weighted by Gasteiger charge is 2.28. The maximum Gasteiger partial charge on any atom is 0.253 e. The lowest BCUT2D eigenvalue weighted by atomic mass is 10.1. The molecule has 1 aliphatic rings. The number of hydrogen-bond acceptors (Lipinski definition) is 4. The summed E-state index contributed by atoms with van der Waals surface area (Å²) < 4.78 is 24.3. The summed E-state index contributed by atoms with van der Waals surface area (Å²) in [5.41, 5.74) is 1.08. The number of furan rings is 1. The van der Waals surface area contributed by atoms with E-state index >= 15 is 0 Å². The van der Waals surface area contributed by atoms with Gasteiger partial charge < -0.3 is 14.5 Å². The third-order valence-electron chi connectivity index (χ3n) is 4.38. The van der Waals surface area contributed by atoms with E-state index in [1.807, 2.05) is 0 Å². The molecule has 0 saturated carbocycles. The fourth-order valence-corrected chi connectivity index (χ4v) is 3.05. The first-order valence-electron chi connectivity index (χ1n) is 8.38. The van der Waals surface area contributed by atoms with Crippen molar-refractivity contribution in [1.82, 2.24) is 0 Å². The van der Waals surface area contributed by atoms with Gasteiger partial charge in [0.2, 0.25) is 5.78 Å². The number of anilines is 1. The van der Waals surface area contributed by atoms with Crippen LogP contribution in [0.5, 0.6) is 0 Å². The molecule has 1 fully saturated rings. The Labute approximate surface area is 148 Å². The molecular formula is C20H16FNO4. The standard InChI is InChI=1S/C20H16FNO4/c21-13-9-7-12(8-10-13)18(23)19-17(14-4-1-2-5-15(14)26-19)22-20(24)16-6-3-11-25-16/h1-2,4-5,7-10,16H,3,6,11H2,(H,22,24)/t16-/m1/s1. The minimum atomic E-state index is -0.530. The summed E-state index contributed by atoms with van der Waals surface area (Å²) in [5.74, 6) is -1.15. The predicted molar refractivity (Wildman–Crippen MR) is 93.7 cm³/mol. The number of nitrogens with one attached hydrogen (secondary N) is 1. The van der Waals surface area contributed by atoms with Crippen LogP contribution in [0.15, 0.2) is 52.9 Å². The quantitative estimate of drug-likeness (QED) is 0.722. The summed E-state index contributed by atoms with van der Waals surface area (Å²) in [6.45, 7) is 0.547. The van der Waals surface area contributed by atoms with Gasteiger partial charge in [-0.3, -0.25) is 9.59 Å². The number of hydrogen-bond donors (Lipinski definition) is 1. The number of fused-ring (bicyclic) bond motifs is 1. The van der Waals surface area contributed by atoms with Crippen LogP contribution in [0.3, 0.4) is 0 Å². The maximum atomic E-state index is 13.1. The molecule has 1 N–H and O–H groups in total. The van der Waals surface area contributed by atoms with E-state index in [4.69, 9.17) is 9.15 Å². The van der Waals surface area contributed by atoms with Gasteiger partial charge in [-0.05, 0) is 49.2 Å². The van der Waals surface area contributed by atoms with E-state index in [9.17, 15) is 14.0 Å². The second-order valence-electron chi connectivity index (χ2n) is 6.13. The Morgan fingerprint density at radius 2 is 1.85 bits per heavy atom. The van der Waals surface area contributed by atoms with Gasteiger partial charge in [-0.2, -0.15) is 0 Å². The summed E-state index contributed by atoms with van der Waals surface area (Å²) in [6.07, 6.45) is 0.937. The highest BCUT2D eigenvalue weighted by atomic mass is 19.1. The van der Waals surface area contributed by atoms with E-state index in [0.717, 1.165) is 6.42 Å². The normalized spacial score (nSPS) is 16.7. The molecule has 1 saturated heterocycles. The van der Waals surface area contributed by atoms with Gasteiger partial charge in [0.1, 0.15) is 17.5 Å². The van der Waals surface area contributed by atoms with Gasteiger partial charge in [-0.25, -0.2) is 4.39 Å². The molecule has 2 heterocycles. The largest absolute Gasteiger partial charge is 0.450 e. The molecule has 0 radical (unpaired) electrons. The molecule has 5 nitrogen and oxygen atoms in total. The summed E-state index contributed by atoms with van der Waals surface area (Å²) in [5, 5.41) is 3.41. The monoisotopic (exact) mass is 353 g/mol. The smallest absolute Gasteiger partial charge is 0.253 e. The van der Waals surface area contributed by atoms with Crippen LogP contribution in [-0.2, 0) is 9.53 Å². The molecule has 26 heavy (non-hydrogen) atoms. The maximum absolute atomic E-state index is 13.1. The SMILES string of the molecule is O=C(c1ccc(F)cc1)c1oc2ccccc2c1NC(=O)[C@H]1CCCO1. The van der Waals surface area contributed by atoms with E-state index < -0.39 is 17.7 Å². The van der Waals surface area contributed by atoms with E-state index in [-0.39, 0.29) is 17.2 Å². The molecule has 4 rings (SSSR count). The number of amides is 1. The van der Waals surface area contributed by atoms with Crippen LogP contribution in [0.25, 0.3) is 11.0 Å². The molecule has 132 valence electrons. The zero-order chi connectivity index (χ0) is 18.1. The van der Waals surface area contributed by atoms with Crippen molar-refractivity contribution in [2.45, 2.75) is 18.9 Å². The second-order valence-corrected chi connectivity index (χ2v) is 6.13. The van der Waals surface area contributed by atoms with Crippen LogP contribution >= 0.6 is 0 Å². The Bertz CT molecular complexity index is 971. The van der Waals surface area contributed by atoms with Gasteiger partial charge in [0, 0.05) is 17.6 Å². The fraction of sp³-hybridized carbons (Fsp3) is 0.200. The van der Waals surface area contributed by atoms with Crippen molar-refractivity contribution in [3.8, 4) is 0 Å². The lowest BCUT2D eigenvalue weighted by Crippen LogP contribution is -2.27. The topological polar surface area (TPSA) is 68.5 Å². The van der Waals surface area contributed by atoms with Crippen LogP contribution < -0.4 is 5.32 Å². The van der Waals surface area contributed by atoms with Crippen molar-refractivity contribution >= 4 is 28.3 Å². The Hall–Kier alpha value is -2.99. The van der Waals surface area contributed by atoms with Crippen LogP contribution in [0.1, 0.15) is 29.0 Å². The number of benzene rings is 2. The summed E-state index contributed by atoms with van der Waals surface area (Å²) in [6, 6.07) is 12.3. The predicted octanol–water partition coefficient (Wildman–Crippen LogP) is 3.92. The summed E-state index contributed by atoms with van der Waals surface area (Å²) in [7, 11) is 0. The van der Waals surface area contributed by atoms with Crippen molar-refractivity contribution in [3.05, 3.63) is 65.7 Å². The molecule has 1 aliphatic heterocycles. The van der Waals surface area contributed by atoms with Gasteiger partial charge in [0.25, 0.3) is 5.91 Å². The highest BCUT2D eigenvalue weighted by molar-refractivity contribution is 6.17. The Kier molecular flexibility index (Phi) is 4.26. The zero-order valence-electron chi connectivity index (χ0n) is 13.8. The third kappa shape index (κ3) is 2.99. The van der Waals surface area contributed by atoms with Gasteiger partial charge in [-0.1, -0.05) is 12.1 Å². The van der Waals surface area contributed by atoms with Gasteiger partial charge in [0.15, 0.2) is 5.76 Å². The van der Waals surface area contributed by atoms with Gasteiger partial charge >= 0.3 is 0 Å². The molecule has 1 aromatic heterocycles. The first kappa shape index (κ1) is 16.5. The minimum Gasteiger partial charge on any atom is -0.450 e. The Balaban J connectivity index is 1.74. The van der Waals surface area contributed by atoms with Crippen LogP contribution in [0, 0.1) is 5.82 Å². The molecule has 0 unspecified atom stereocenters. The third-order valence-corrected chi connectivity index (χ3v) is 4.38. The first-order valence-corrected chi connectivity index (χ1v) is 8.38. The number of ether oxygens (including phenoxy) is 1. The van der Waals surface area contributed by atoms with Crippen molar-refractivity contribution in [2.24, 2.45) is 0 Å². The molecular weight excluding hydrogens is 337 g/mol. The molecule has 3 aromatic rings. The highest BCUT2D eigenvalue weighted by Crippen LogP contribution is 2.33. The average Bonchev–Trinajstić information content (AvgIpc) is 3.30. The van der Waals surface area contributed by atoms with Crippen molar-refractivity contribution < 1.29 is 23.1 Å². The average molecular weight is 353 g/mol. The molecule has 0 spiro atoms. The molecule has 1 atom stereocenters. The fourth-order valence-electron chi connectivity index (χ4n) is 3.05. The Morgan fingerprint density at radius 1 is 1.08 bits per heavy atom. The van der Waals surface area contributed by atoms with Crippen LogP contribution in [0.2, 0.25) is 0 Å². The van der Waals surface area contributed by atoms with Crippen molar-refractivity contribution in [2.75, 3.05) is 11.9 Å². The molecule has 0 aliphatic carbocycles. The lowest BCUT2D eigenvalue weighted by molar-refractivity contribution is -0.124. The molecule has 0 bridgehead atoms. The number of ketones is 1. The number of para-hydroxylation sites is 1. The van der Waals surface area contributed by atoms with Crippen molar-refractivity contribution in [1.29, 1.82) is 0 Å². The lowest BCUT2D eigenvalue weighted by Gasteiger charge is -2.10.